The molecule has 0 aliphatic carbocycles. The summed E-state index contributed by atoms with van der Waals surface area (Å²) in [4.78, 5) is 11.1. The molecule has 1 N–H and O–H groups in total. The lowest BCUT2D eigenvalue weighted by atomic mass is 10.0. The average molecular weight is 317 g/mol. The number of nitrogens with one attached hydrogen (secondary N) is 1. The molecule has 1 aliphatic rings. The van der Waals surface area contributed by atoms with Gasteiger partial charge in [-0.3, -0.25) is 0 Å². The summed E-state index contributed by atoms with van der Waals surface area (Å²) in [5.41, 5.74) is 1.18. The molecule has 0 saturated carbocycles. The van der Waals surface area contributed by atoms with Gasteiger partial charge in [-0.1, -0.05) is 30.7 Å². The molecular formula is C17H21ClN4. The Hall–Kier alpha value is -1.81. The van der Waals surface area contributed by atoms with Gasteiger partial charge in [0.1, 0.15) is 18.0 Å². The number of hydrogen-bond acceptors (Lipinski definition) is 4. The van der Waals surface area contributed by atoms with E-state index in [1.54, 1.807) is 6.33 Å². The molecule has 0 bridgehead atoms. The lowest BCUT2D eigenvalue weighted by Crippen LogP contribution is -2.34. The molecule has 2 aromatic rings. The van der Waals surface area contributed by atoms with Gasteiger partial charge in [0.2, 0.25) is 0 Å². The Morgan fingerprint density at radius 2 is 2.09 bits per heavy atom. The number of anilines is 2. The summed E-state index contributed by atoms with van der Waals surface area (Å²) in [7, 11) is 0. The second-order valence-corrected chi connectivity index (χ2v) is 6.37. The molecule has 1 atom stereocenters. The minimum absolute atomic E-state index is 0.726. The highest BCUT2D eigenvalue weighted by atomic mass is 35.5. The molecule has 22 heavy (non-hydrogen) atoms. The summed E-state index contributed by atoms with van der Waals surface area (Å²) >= 11 is 5.90. The number of nitrogens with zero attached hydrogens (tertiary/aromatic N) is 3. The minimum Gasteiger partial charge on any atom is -0.366 e. The number of halogens is 1. The Balaban J connectivity index is 1.64. The van der Waals surface area contributed by atoms with Crippen LogP contribution in [0.2, 0.25) is 5.02 Å². The first-order valence-corrected chi connectivity index (χ1v) is 8.14. The molecule has 1 fully saturated rings. The molecule has 0 amide bonds. The number of benzene rings is 1. The van der Waals surface area contributed by atoms with Crippen molar-refractivity contribution in [2.24, 2.45) is 5.92 Å². The SMILES string of the molecule is CC1CCCN(c2cc(NCc3ccc(Cl)cc3)ncn2)C1. The van der Waals surface area contributed by atoms with Crippen LogP contribution in [-0.4, -0.2) is 23.1 Å². The van der Waals surface area contributed by atoms with Crippen LogP contribution in [0, 0.1) is 5.92 Å². The van der Waals surface area contributed by atoms with E-state index in [9.17, 15) is 0 Å². The number of hydrogen-bond donors (Lipinski definition) is 1. The summed E-state index contributed by atoms with van der Waals surface area (Å²) in [6.45, 7) is 5.18. The van der Waals surface area contributed by atoms with Crippen LogP contribution in [-0.2, 0) is 6.54 Å². The molecular weight excluding hydrogens is 296 g/mol. The first kappa shape index (κ1) is 15.1. The fourth-order valence-electron chi connectivity index (χ4n) is 2.81. The van der Waals surface area contributed by atoms with E-state index in [1.165, 1.54) is 18.4 Å². The fraction of sp³-hybridized carbons (Fsp3) is 0.412. The first-order chi connectivity index (χ1) is 10.7. The van der Waals surface area contributed by atoms with Crippen LogP contribution < -0.4 is 10.2 Å². The van der Waals surface area contributed by atoms with Gasteiger partial charge in [-0.15, -0.1) is 0 Å². The molecule has 1 aliphatic heterocycles. The molecule has 2 heterocycles. The van der Waals surface area contributed by atoms with Gasteiger partial charge in [0.25, 0.3) is 0 Å². The van der Waals surface area contributed by atoms with Crippen LogP contribution in [0.1, 0.15) is 25.3 Å². The maximum atomic E-state index is 5.90. The molecule has 3 rings (SSSR count). The highest BCUT2D eigenvalue weighted by Gasteiger charge is 2.17. The highest BCUT2D eigenvalue weighted by Crippen LogP contribution is 2.22. The number of rotatable bonds is 4. The van der Waals surface area contributed by atoms with Gasteiger partial charge in [-0.2, -0.15) is 0 Å². The Morgan fingerprint density at radius 3 is 2.86 bits per heavy atom. The second-order valence-electron chi connectivity index (χ2n) is 5.93. The predicted octanol–water partition coefficient (Wildman–Crippen LogP) is 3.98. The normalized spacial score (nSPS) is 18.3. The maximum Gasteiger partial charge on any atom is 0.134 e. The zero-order chi connectivity index (χ0) is 15.4. The summed E-state index contributed by atoms with van der Waals surface area (Å²) in [6, 6.07) is 9.87. The third-order valence-electron chi connectivity index (χ3n) is 4.02. The lowest BCUT2D eigenvalue weighted by molar-refractivity contribution is 0.444. The van der Waals surface area contributed by atoms with Crippen molar-refractivity contribution < 1.29 is 0 Å². The lowest BCUT2D eigenvalue weighted by Gasteiger charge is -2.31. The standard InChI is InChI=1S/C17H21ClN4/c1-13-3-2-8-22(11-13)17-9-16(20-12-21-17)19-10-14-4-6-15(18)7-5-14/h4-7,9,12-13H,2-3,8,10-11H2,1H3,(H,19,20,21). The van der Waals surface area contributed by atoms with Crippen LogP contribution in [0.5, 0.6) is 0 Å². The molecule has 4 nitrogen and oxygen atoms in total. The third kappa shape index (κ3) is 3.89. The van der Waals surface area contributed by atoms with Crippen molar-refractivity contribution in [2.75, 3.05) is 23.3 Å². The van der Waals surface area contributed by atoms with E-state index >= 15 is 0 Å². The maximum absolute atomic E-state index is 5.90. The fourth-order valence-corrected chi connectivity index (χ4v) is 2.94. The van der Waals surface area contributed by atoms with Gasteiger partial charge in [0, 0.05) is 30.7 Å². The van der Waals surface area contributed by atoms with Crippen molar-refractivity contribution in [2.45, 2.75) is 26.3 Å². The van der Waals surface area contributed by atoms with Gasteiger partial charge < -0.3 is 10.2 Å². The second kappa shape index (κ2) is 6.97. The predicted molar refractivity (Wildman–Crippen MR) is 91.4 cm³/mol. The van der Waals surface area contributed by atoms with Gasteiger partial charge in [-0.05, 0) is 36.5 Å². The molecule has 116 valence electrons. The molecule has 5 heteroatoms. The zero-order valence-electron chi connectivity index (χ0n) is 12.8. The molecule has 1 aromatic heterocycles. The van der Waals surface area contributed by atoms with E-state index in [0.717, 1.165) is 42.2 Å². The van der Waals surface area contributed by atoms with Crippen molar-refractivity contribution in [3.63, 3.8) is 0 Å². The average Bonchev–Trinajstić information content (AvgIpc) is 2.55. The molecule has 0 spiro atoms. The summed E-state index contributed by atoms with van der Waals surface area (Å²) in [6.07, 6.45) is 4.18. The van der Waals surface area contributed by atoms with Crippen molar-refractivity contribution in [3.05, 3.63) is 47.2 Å². The van der Waals surface area contributed by atoms with Crippen LogP contribution in [0.3, 0.4) is 0 Å². The van der Waals surface area contributed by atoms with Crippen molar-refractivity contribution >= 4 is 23.2 Å². The first-order valence-electron chi connectivity index (χ1n) is 7.76. The Labute approximate surface area is 136 Å². The summed E-state index contributed by atoms with van der Waals surface area (Å²) in [5.74, 6) is 2.60. The van der Waals surface area contributed by atoms with Crippen LogP contribution >= 0.6 is 11.6 Å². The largest absolute Gasteiger partial charge is 0.366 e. The van der Waals surface area contributed by atoms with Gasteiger partial charge in [0.05, 0.1) is 0 Å². The van der Waals surface area contributed by atoms with Crippen molar-refractivity contribution in [1.29, 1.82) is 0 Å². The molecule has 0 radical (unpaired) electrons. The van der Waals surface area contributed by atoms with Gasteiger partial charge in [-0.25, -0.2) is 9.97 Å². The van der Waals surface area contributed by atoms with Crippen molar-refractivity contribution in [1.82, 2.24) is 9.97 Å². The number of piperidine rings is 1. The minimum atomic E-state index is 0.726. The van der Waals surface area contributed by atoms with Crippen molar-refractivity contribution in [3.8, 4) is 0 Å². The van der Waals surface area contributed by atoms with Gasteiger partial charge >= 0.3 is 0 Å². The summed E-state index contributed by atoms with van der Waals surface area (Å²) in [5, 5.41) is 4.11. The Bertz CT molecular complexity index is 614. The topological polar surface area (TPSA) is 41.0 Å². The molecule has 1 saturated heterocycles. The zero-order valence-corrected chi connectivity index (χ0v) is 13.6. The third-order valence-corrected chi connectivity index (χ3v) is 4.27. The Kier molecular flexibility index (Phi) is 4.78. The van der Waals surface area contributed by atoms with Crippen LogP contribution in [0.4, 0.5) is 11.6 Å². The molecule has 1 aromatic carbocycles. The Morgan fingerprint density at radius 1 is 1.27 bits per heavy atom. The molecule has 1 unspecified atom stereocenters. The monoisotopic (exact) mass is 316 g/mol. The van der Waals surface area contributed by atoms with E-state index in [1.807, 2.05) is 30.3 Å². The van der Waals surface area contributed by atoms with E-state index < -0.39 is 0 Å². The highest BCUT2D eigenvalue weighted by molar-refractivity contribution is 6.30. The van der Waals surface area contributed by atoms with Gasteiger partial charge in [0.15, 0.2) is 0 Å². The number of aromatic nitrogens is 2. The van der Waals surface area contributed by atoms with E-state index in [-0.39, 0.29) is 0 Å². The summed E-state index contributed by atoms with van der Waals surface area (Å²) < 4.78 is 0. The van der Waals surface area contributed by atoms with E-state index in [4.69, 9.17) is 11.6 Å². The van der Waals surface area contributed by atoms with E-state index in [0.29, 0.717) is 0 Å². The van der Waals surface area contributed by atoms with Crippen LogP contribution in [0.15, 0.2) is 36.7 Å². The van der Waals surface area contributed by atoms with E-state index in [2.05, 4.69) is 27.1 Å². The smallest absolute Gasteiger partial charge is 0.134 e. The quantitative estimate of drug-likeness (QED) is 0.926. The van der Waals surface area contributed by atoms with Crippen LogP contribution in [0.25, 0.3) is 0 Å².